The van der Waals surface area contributed by atoms with Crippen LogP contribution in [0.2, 0.25) is 0 Å². The van der Waals surface area contributed by atoms with E-state index in [1.54, 1.807) is 6.92 Å². The fraction of sp³-hybridized carbons (Fsp3) is 0.250. The molecule has 1 N–H and O–H groups in total. The Bertz CT molecular complexity index is 804. The Morgan fingerprint density at radius 3 is 2.36 bits per heavy atom. The second-order valence-electron chi connectivity index (χ2n) is 5.28. The highest BCUT2D eigenvalue weighted by molar-refractivity contribution is 7.89. The standard InChI is InChI=1S/C16H17F2NO2S/c1-10-4-6-14(11(2)8-10)12(3)19-22(20,21)16-9-13(17)5-7-15(16)18/h4-9,12,19H,1-3H3. The second kappa shape index (κ2) is 6.14. The zero-order chi connectivity index (χ0) is 16.5. The van der Waals surface area contributed by atoms with Crippen LogP contribution in [0.5, 0.6) is 0 Å². The Balaban J connectivity index is 2.34. The maximum absolute atomic E-state index is 13.7. The fourth-order valence-electron chi connectivity index (χ4n) is 2.35. The maximum Gasteiger partial charge on any atom is 0.244 e. The van der Waals surface area contributed by atoms with Gasteiger partial charge in [0.05, 0.1) is 0 Å². The molecule has 0 aromatic heterocycles. The average Bonchev–Trinajstić information content (AvgIpc) is 2.40. The molecule has 0 spiro atoms. The third-order valence-corrected chi connectivity index (χ3v) is 4.96. The quantitative estimate of drug-likeness (QED) is 0.933. The lowest BCUT2D eigenvalue weighted by molar-refractivity contribution is 0.538. The predicted octanol–water partition coefficient (Wildman–Crippen LogP) is 3.62. The van der Waals surface area contributed by atoms with E-state index < -0.39 is 32.6 Å². The number of hydrogen-bond donors (Lipinski definition) is 1. The molecule has 0 heterocycles. The van der Waals surface area contributed by atoms with Crippen LogP contribution in [0, 0.1) is 25.5 Å². The molecule has 2 aromatic rings. The van der Waals surface area contributed by atoms with Crippen molar-refractivity contribution in [3.8, 4) is 0 Å². The van der Waals surface area contributed by atoms with Gasteiger partial charge in [0.25, 0.3) is 0 Å². The molecule has 22 heavy (non-hydrogen) atoms. The van der Waals surface area contributed by atoms with Gasteiger partial charge in [0.2, 0.25) is 10.0 Å². The highest BCUT2D eigenvalue weighted by Crippen LogP contribution is 2.22. The number of halogens is 2. The van der Waals surface area contributed by atoms with Crippen LogP contribution in [0.1, 0.15) is 29.7 Å². The predicted molar refractivity (Wildman–Crippen MR) is 81.0 cm³/mol. The molecular weight excluding hydrogens is 308 g/mol. The van der Waals surface area contributed by atoms with E-state index in [1.807, 2.05) is 32.0 Å². The van der Waals surface area contributed by atoms with Gasteiger partial charge in [0.15, 0.2) is 0 Å². The second-order valence-corrected chi connectivity index (χ2v) is 6.96. The Morgan fingerprint density at radius 2 is 1.73 bits per heavy atom. The van der Waals surface area contributed by atoms with Gasteiger partial charge in [0.1, 0.15) is 16.5 Å². The molecule has 0 aliphatic rings. The van der Waals surface area contributed by atoms with Crippen molar-refractivity contribution in [2.75, 3.05) is 0 Å². The summed E-state index contributed by atoms with van der Waals surface area (Å²) in [4.78, 5) is -0.691. The van der Waals surface area contributed by atoms with Gasteiger partial charge < -0.3 is 0 Å². The Labute approximate surface area is 129 Å². The Morgan fingerprint density at radius 1 is 1.05 bits per heavy atom. The molecule has 0 aliphatic heterocycles. The van der Waals surface area contributed by atoms with Gasteiger partial charge in [-0.3, -0.25) is 0 Å². The lowest BCUT2D eigenvalue weighted by Crippen LogP contribution is -2.28. The number of benzene rings is 2. The van der Waals surface area contributed by atoms with E-state index in [4.69, 9.17) is 0 Å². The summed E-state index contributed by atoms with van der Waals surface area (Å²) in [5.74, 6) is -1.79. The molecule has 1 atom stereocenters. The zero-order valence-electron chi connectivity index (χ0n) is 12.5. The lowest BCUT2D eigenvalue weighted by atomic mass is 10.0. The van der Waals surface area contributed by atoms with Gasteiger partial charge in [-0.25, -0.2) is 21.9 Å². The summed E-state index contributed by atoms with van der Waals surface area (Å²) < 4.78 is 53.7. The SMILES string of the molecule is Cc1ccc(C(C)NS(=O)(=O)c2cc(F)ccc2F)c(C)c1. The Kier molecular flexibility index (Phi) is 4.63. The van der Waals surface area contributed by atoms with Crippen molar-refractivity contribution in [1.82, 2.24) is 4.72 Å². The molecule has 0 fully saturated rings. The number of rotatable bonds is 4. The first kappa shape index (κ1) is 16.6. The summed E-state index contributed by atoms with van der Waals surface area (Å²) in [7, 11) is -4.15. The minimum atomic E-state index is -4.15. The summed E-state index contributed by atoms with van der Waals surface area (Å²) in [6.45, 7) is 5.47. The minimum Gasteiger partial charge on any atom is -0.207 e. The monoisotopic (exact) mass is 325 g/mol. The van der Waals surface area contributed by atoms with Gasteiger partial charge in [-0.05, 0) is 50.1 Å². The van der Waals surface area contributed by atoms with Crippen LogP contribution in [-0.4, -0.2) is 8.42 Å². The zero-order valence-corrected chi connectivity index (χ0v) is 13.3. The van der Waals surface area contributed by atoms with Crippen LogP contribution in [0.15, 0.2) is 41.3 Å². The van der Waals surface area contributed by atoms with E-state index >= 15 is 0 Å². The fourth-order valence-corrected chi connectivity index (χ4v) is 3.67. The first-order chi connectivity index (χ1) is 10.2. The molecule has 0 saturated carbocycles. The van der Waals surface area contributed by atoms with Crippen LogP contribution >= 0.6 is 0 Å². The van der Waals surface area contributed by atoms with Gasteiger partial charge in [0, 0.05) is 6.04 Å². The normalized spacial score (nSPS) is 13.1. The largest absolute Gasteiger partial charge is 0.244 e. The van der Waals surface area contributed by atoms with E-state index in [-0.39, 0.29) is 0 Å². The topological polar surface area (TPSA) is 46.2 Å². The Hall–Kier alpha value is -1.79. The summed E-state index contributed by atoms with van der Waals surface area (Å²) in [6, 6.07) is 7.41. The smallest absolute Gasteiger partial charge is 0.207 e. The van der Waals surface area contributed by atoms with E-state index in [2.05, 4.69) is 4.72 Å². The first-order valence-corrected chi connectivity index (χ1v) is 8.23. The molecule has 0 bridgehead atoms. The van der Waals surface area contributed by atoms with Crippen molar-refractivity contribution in [3.63, 3.8) is 0 Å². The average molecular weight is 325 g/mol. The first-order valence-electron chi connectivity index (χ1n) is 6.75. The summed E-state index contributed by atoms with van der Waals surface area (Å²) >= 11 is 0. The molecule has 0 aliphatic carbocycles. The number of hydrogen-bond acceptors (Lipinski definition) is 2. The van der Waals surface area contributed by atoms with E-state index in [0.717, 1.165) is 28.8 Å². The van der Waals surface area contributed by atoms with E-state index in [0.29, 0.717) is 6.07 Å². The van der Waals surface area contributed by atoms with E-state index in [9.17, 15) is 17.2 Å². The number of nitrogens with one attached hydrogen (secondary N) is 1. The van der Waals surface area contributed by atoms with Crippen LogP contribution in [0.4, 0.5) is 8.78 Å². The molecule has 0 radical (unpaired) electrons. The van der Waals surface area contributed by atoms with Gasteiger partial charge in [-0.2, -0.15) is 0 Å². The molecule has 2 aromatic carbocycles. The van der Waals surface area contributed by atoms with Crippen molar-refractivity contribution in [1.29, 1.82) is 0 Å². The number of sulfonamides is 1. The number of aryl methyl sites for hydroxylation is 2. The van der Waals surface area contributed by atoms with E-state index in [1.165, 1.54) is 0 Å². The van der Waals surface area contributed by atoms with Crippen molar-refractivity contribution >= 4 is 10.0 Å². The molecule has 3 nitrogen and oxygen atoms in total. The summed E-state index contributed by atoms with van der Waals surface area (Å²) in [5, 5.41) is 0. The van der Waals surface area contributed by atoms with Crippen LogP contribution < -0.4 is 4.72 Å². The van der Waals surface area contributed by atoms with Crippen LogP contribution in [-0.2, 0) is 10.0 Å². The lowest BCUT2D eigenvalue weighted by Gasteiger charge is -2.17. The third-order valence-electron chi connectivity index (χ3n) is 3.41. The summed E-state index contributed by atoms with van der Waals surface area (Å²) in [6.07, 6.45) is 0. The van der Waals surface area contributed by atoms with Crippen molar-refractivity contribution < 1.29 is 17.2 Å². The van der Waals surface area contributed by atoms with Crippen molar-refractivity contribution in [3.05, 3.63) is 64.7 Å². The molecule has 1 unspecified atom stereocenters. The minimum absolute atomic E-state index is 0.562. The molecule has 118 valence electrons. The molecule has 2 rings (SSSR count). The van der Waals surface area contributed by atoms with Crippen molar-refractivity contribution in [2.45, 2.75) is 31.7 Å². The molecular formula is C16H17F2NO2S. The molecule has 6 heteroatoms. The van der Waals surface area contributed by atoms with Gasteiger partial charge in [-0.15, -0.1) is 0 Å². The van der Waals surface area contributed by atoms with Gasteiger partial charge in [-0.1, -0.05) is 23.8 Å². The van der Waals surface area contributed by atoms with Crippen molar-refractivity contribution in [2.24, 2.45) is 0 Å². The summed E-state index contributed by atoms with van der Waals surface area (Å²) in [5.41, 5.74) is 2.77. The maximum atomic E-state index is 13.7. The van der Waals surface area contributed by atoms with Crippen LogP contribution in [0.25, 0.3) is 0 Å². The molecule has 0 saturated heterocycles. The highest BCUT2D eigenvalue weighted by atomic mass is 32.2. The highest BCUT2D eigenvalue weighted by Gasteiger charge is 2.23. The van der Waals surface area contributed by atoms with Crippen LogP contribution in [0.3, 0.4) is 0 Å². The third kappa shape index (κ3) is 3.51. The molecule has 0 amide bonds. The van der Waals surface area contributed by atoms with Gasteiger partial charge >= 0.3 is 0 Å².